The summed E-state index contributed by atoms with van der Waals surface area (Å²) < 4.78 is 0. The van der Waals surface area contributed by atoms with Crippen molar-refractivity contribution in [3.63, 3.8) is 0 Å². The maximum atomic E-state index is 12.7. The molecule has 0 aliphatic carbocycles. The second-order valence-electron chi connectivity index (χ2n) is 5.50. The van der Waals surface area contributed by atoms with E-state index in [0.717, 1.165) is 11.4 Å². The monoisotopic (exact) mass is 341 g/mol. The van der Waals surface area contributed by atoms with Crippen LogP contribution in [-0.4, -0.2) is 40.8 Å². The molecule has 24 heavy (non-hydrogen) atoms. The zero-order chi connectivity index (χ0) is 16.9. The molecule has 1 aromatic heterocycles. The van der Waals surface area contributed by atoms with E-state index < -0.39 is 6.04 Å². The fraction of sp³-hybridized carbons (Fsp3) is 0.278. The predicted molar refractivity (Wildman–Crippen MR) is 95.7 cm³/mol. The third-order valence-corrected chi connectivity index (χ3v) is 4.70. The summed E-state index contributed by atoms with van der Waals surface area (Å²) in [6, 6.07) is 9.18. The van der Waals surface area contributed by atoms with Crippen molar-refractivity contribution in [3.05, 3.63) is 53.0 Å². The molecule has 124 valence electrons. The van der Waals surface area contributed by atoms with Gasteiger partial charge in [0.05, 0.1) is 11.2 Å². The second kappa shape index (κ2) is 7.40. The van der Waals surface area contributed by atoms with Crippen LogP contribution < -0.4 is 4.90 Å². The molecule has 6 heteroatoms. The third-order valence-electron chi connectivity index (χ3n) is 4.09. The quantitative estimate of drug-likeness (QED) is 0.786. The maximum Gasteiger partial charge on any atom is 0.249 e. The highest BCUT2D eigenvalue weighted by Crippen LogP contribution is 2.24. The number of nitrogens with zero attached hydrogens (tertiary/aromatic N) is 3. The normalized spacial score (nSPS) is 17.6. The summed E-state index contributed by atoms with van der Waals surface area (Å²) in [6.45, 7) is 3.03. The van der Waals surface area contributed by atoms with Crippen LogP contribution in [0.25, 0.3) is 6.08 Å². The van der Waals surface area contributed by atoms with E-state index in [4.69, 9.17) is 0 Å². The van der Waals surface area contributed by atoms with Crippen molar-refractivity contribution in [2.24, 2.45) is 0 Å². The van der Waals surface area contributed by atoms with Gasteiger partial charge in [0.2, 0.25) is 11.8 Å². The molecule has 0 saturated carbocycles. The molecule has 1 aromatic carbocycles. The van der Waals surface area contributed by atoms with Gasteiger partial charge in [0.1, 0.15) is 6.04 Å². The highest BCUT2D eigenvalue weighted by molar-refractivity contribution is 7.07. The van der Waals surface area contributed by atoms with Crippen molar-refractivity contribution in [1.82, 2.24) is 9.88 Å². The largest absolute Gasteiger partial charge is 0.327 e. The lowest BCUT2D eigenvalue weighted by molar-refractivity contribution is -0.134. The Morgan fingerprint density at radius 3 is 2.88 bits per heavy atom. The number of amides is 2. The number of hydrogen-bond acceptors (Lipinski definition) is 4. The molecular weight excluding hydrogens is 322 g/mol. The first-order chi connectivity index (χ1) is 11.7. The fourth-order valence-corrected chi connectivity index (χ4v) is 3.43. The summed E-state index contributed by atoms with van der Waals surface area (Å²) in [4.78, 5) is 32.7. The van der Waals surface area contributed by atoms with Crippen LogP contribution in [0.3, 0.4) is 0 Å². The van der Waals surface area contributed by atoms with E-state index >= 15 is 0 Å². The van der Waals surface area contributed by atoms with Gasteiger partial charge in [0, 0.05) is 30.2 Å². The predicted octanol–water partition coefficient (Wildman–Crippen LogP) is 2.81. The van der Waals surface area contributed by atoms with Crippen LogP contribution in [0.15, 0.2) is 47.3 Å². The van der Waals surface area contributed by atoms with Crippen LogP contribution in [0.1, 0.15) is 19.0 Å². The average molecular weight is 341 g/mol. The van der Waals surface area contributed by atoms with Crippen molar-refractivity contribution < 1.29 is 9.59 Å². The average Bonchev–Trinajstić information content (AvgIpc) is 3.25. The number of likely N-dealkylation sites (N-methyl/N-ethyl adjacent to an activating group) is 1. The first kappa shape index (κ1) is 16.4. The van der Waals surface area contributed by atoms with Crippen molar-refractivity contribution >= 4 is 34.9 Å². The molecule has 3 rings (SSSR count). The van der Waals surface area contributed by atoms with E-state index in [-0.39, 0.29) is 11.8 Å². The van der Waals surface area contributed by atoms with E-state index in [1.807, 2.05) is 42.6 Å². The topological polar surface area (TPSA) is 53.5 Å². The van der Waals surface area contributed by atoms with Gasteiger partial charge in [-0.3, -0.25) is 9.59 Å². The number of carbonyl (C=O) groups is 2. The number of para-hydroxylation sites is 1. The van der Waals surface area contributed by atoms with Crippen molar-refractivity contribution in [2.45, 2.75) is 19.4 Å². The standard InChI is InChI=1S/C18H19N3O2S/c1-2-20(17(22)9-8-14-12-24-13-19-14)16-10-11-21(18(16)23)15-6-4-3-5-7-15/h3-9,12-13,16H,2,10-11H2,1H3/b9-8+. The number of rotatable bonds is 5. The molecule has 1 saturated heterocycles. The molecule has 1 unspecified atom stereocenters. The van der Waals surface area contributed by atoms with Gasteiger partial charge in [-0.1, -0.05) is 18.2 Å². The van der Waals surface area contributed by atoms with E-state index in [2.05, 4.69) is 4.98 Å². The third kappa shape index (κ3) is 3.38. The number of anilines is 1. The van der Waals surface area contributed by atoms with Gasteiger partial charge < -0.3 is 9.80 Å². The number of aromatic nitrogens is 1. The maximum absolute atomic E-state index is 12.7. The number of carbonyl (C=O) groups excluding carboxylic acids is 2. The molecule has 0 N–H and O–H groups in total. The van der Waals surface area contributed by atoms with Crippen molar-refractivity contribution in [1.29, 1.82) is 0 Å². The fourth-order valence-electron chi connectivity index (χ4n) is 2.90. The minimum atomic E-state index is -0.400. The van der Waals surface area contributed by atoms with Gasteiger partial charge in [-0.05, 0) is 31.6 Å². The molecule has 0 bridgehead atoms. The van der Waals surface area contributed by atoms with E-state index in [1.165, 1.54) is 17.4 Å². The van der Waals surface area contributed by atoms with Crippen molar-refractivity contribution in [2.75, 3.05) is 18.0 Å². The Bertz CT molecular complexity index is 728. The number of thiazole rings is 1. The van der Waals surface area contributed by atoms with Gasteiger partial charge >= 0.3 is 0 Å². The van der Waals surface area contributed by atoms with Gasteiger partial charge in [-0.25, -0.2) is 4.98 Å². The molecule has 2 heterocycles. The molecule has 1 aliphatic heterocycles. The van der Waals surface area contributed by atoms with Crippen LogP contribution in [0.5, 0.6) is 0 Å². The van der Waals surface area contributed by atoms with E-state index in [0.29, 0.717) is 19.5 Å². The molecule has 1 atom stereocenters. The Labute approximate surface area is 145 Å². The molecule has 5 nitrogen and oxygen atoms in total. The Hall–Kier alpha value is -2.47. The van der Waals surface area contributed by atoms with Crippen LogP contribution >= 0.6 is 11.3 Å². The first-order valence-corrected chi connectivity index (χ1v) is 8.88. The number of hydrogen-bond donors (Lipinski definition) is 0. The van der Waals surface area contributed by atoms with Crippen molar-refractivity contribution in [3.8, 4) is 0 Å². The van der Waals surface area contributed by atoms with Crippen LogP contribution in [0, 0.1) is 0 Å². The lowest BCUT2D eigenvalue weighted by Gasteiger charge is -2.25. The highest BCUT2D eigenvalue weighted by atomic mass is 32.1. The van der Waals surface area contributed by atoms with Crippen LogP contribution in [0.2, 0.25) is 0 Å². The van der Waals surface area contributed by atoms with Gasteiger partial charge in [-0.2, -0.15) is 0 Å². The van der Waals surface area contributed by atoms with Crippen LogP contribution in [0.4, 0.5) is 5.69 Å². The summed E-state index contributed by atoms with van der Waals surface area (Å²) in [6.07, 6.45) is 3.84. The molecule has 2 aromatic rings. The highest BCUT2D eigenvalue weighted by Gasteiger charge is 2.37. The summed E-state index contributed by atoms with van der Waals surface area (Å²) >= 11 is 1.48. The lowest BCUT2D eigenvalue weighted by atomic mass is 10.2. The zero-order valence-corrected chi connectivity index (χ0v) is 14.3. The first-order valence-electron chi connectivity index (χ1n) is 7.94. The Kier molecular flexibility index (Phi) is 5.05. The van der Waals surface area contributed by atoms with Gasteiger partial charge in [0.15, 0.2) is 0 Å². The molecule has 1 aliphatic rings. The van der Waals surface area contributed by atoms with Gasteiger partial charge in [0.25, 0.3) is 0 Å². The summed E-state index contributed by atoms with van der Waals surface area (Å²) in [5.41, 5.74) is 3.36. The number of benzene rings is 1. The van der Waals surface area contributed by atoms with E-state index in [1.54, 1.807) is 21.4 Å². The summed E-state index contributed by atoms with van der Waals surface area (Å²) in [5, 5.41) is 1.87. The molecular formula is C18H19N3O2S. The van der Waals surface area contributed by atoms with Crippen LogP contribution in [-0.2, 0) is 9.59 Å². The summed E-state index contributed by atoms with van der Waals surface area (Å²) in [7, 11) is 0. The molecule has 0 spiro atoms. The molecule has 1 fully saturated rings. The summed E-state index contributed by atoms with van der Waals surface area (Å²) in [5.74, 6) is -0.169. The SMILES string of the molecule is CCN(C(=O)/C=C/c1cscn1)C1CCN(c2ccccc2)C1=O. The lowest BCUT2D eigenvalue weighted by Crippen LogP contribution is -2.44. The Morgan fingerprint density at radius 2 is 2.21 bits per heavy atom. The molecule has 2 amide bonds. The molecule has 0 radical (unpaired) electrons. The Morgan fingerprint density at radius 1 is 1.42 bits per heavy atom. The van der Waals surface area contributed by atoms with E-state index in [9.17, 15) is 9.59 Å². The smallest absolute Gasteiger partial charge is 0.249 e. The Balaban J connectivity index is 1.72. The zero-order valence-electron chi connectivity index (χ0n) is 13.5. The van der Waals surface area contributed by atoms with Gasteiger partial charge in [-0.15, -0.1) is 11.3 Å². The minimum absolute atomic E-state index is 0.0153. The minimum Gasteiger partial charge on any atom is -0.327 e. The second-order valence-corrected chi connectivity index (χ2v) is 6.22.